The third-order valence-electron chi connectivity index (χ3n) is 2.40. The summed E-state index contributed by atoms with van der Waals surface area (Å²) in [6.45, 7) is 5.19. The van der Waals surface area contributed by atoms with Gasteiger partial charge in [-0.15, -0.1) is 11.3 Å². The number of hydrogen-bond acceptors (Lipinski definition) is 6. The topological polar surface area (TPSA) is 79.8 Å². The van der Waals surface area contributed by atoms with Crippen LogP contribution in [0.1, 0.15) is 30.6 Å². The predicted octanol–water partition coefficient (Wildman–Crippen LogP) is 3.14. The molecular weight excluding hydrogens is 342 g/mol. The van der Waals surface area contributed by atoms with Crippen molar-refractivity contribution in [2.45, 2.75) is 26.8 Å². The SMILES string of the molecule is CC(=O)Nc1nc(C)nc(NC(C)c2cc(Br)cs2)n1. The molecule has 2 N–H and O–H groups in total. The number of nitrogens with zero attached hydrogens (tertiary/aromatic N) is 3. The zero-order valence-electron chi connectivity index (χ0n) is 11.3. The Morgan fingerprint density at radius 1 is 1.35 bits per heavy atom. The van der Waals surface area contributed by atoms with Gasteiger partial charge < -0.3 is 5.32 Å². The summed E-state index contributed by atoms with van der Waals surface area (Å²) in [4.78, 5) is 24.7. The number of amides is 1. The molecule has 6 nitrogen and oxygen atoms in total. The van der Waals surface area contributed by atoms with Crippen LogP contribution in [0.15, 0.2) is 15.9 Å². The Balaban J connectivity index is 2.16. The lowest BCUT2D eigenvalue weighted by Gasteiger charge is -2.13. The van der Waals surface area contributed by atoms with Crippen LogP contribution in [0, 0.1) is 6.92 Å². The van der Waals surface area contributed by atoms with E-state index in [1.165, 1.54) is 6.92 Å². The third-order valence-corrected chi connectivity index (χ3v) is 4.27. The van der Waals surface area contributed by atoms with E-state index in [0.717, 1.165) is 9.35 Å². The van der Waals surface area contributed by atoms with E-state index < -0.39 is 0 Å². The number of rotatable bonds is 4. The number of carbonyl (C=O) groups excluding carboxylic acids is 1. The molecule has 0 fully saturated rings. The van der Waals surface area contributed by atoms with E-state index in [4.69, 9.17) is 0 Å². The van der Waals surface area contributed by atoms with Gasteiger partial charge in [0.05, 0.1) is 6.04 Å². The number of aryl methyl sites for hydroxylation is 1. The second-order valence-corrected chi connectivity index (χ2v) is 6.10. The Bertz CT molecular complexity index is 630. The van der Waals surface area contributed by atoms with Crippen LogP contribution in [-0.2, 0) is 4.79 Å². The second kappa shape index (κ2) is 6.27. The van der Waals surface area contributed by atoms with Crippen molar-refractivity contribution in [3.8, 4) is 0 Å². The predicted molar refractivity (Wildman–Crippen MR) is 82.9 cm³/mol. The van der Waals surface area contributed by atoms with E-state index in [9.17, 15) is 4.79 Å². The van der Waals surface area contributed by atoms with Crippen LogP contribution >= 0.6 is 27.3 Å². The average Bonchev–Trinajstić information content (AvgIpc) is 2.74. The minimum Gasteiger partial charge on any atom is -0.347 e. The molecule has 2 aromatic heterocycles. The maximum atomic E-state index is 11.0. The van der Waals surface area contributed by atoms with Crippen molar-refractivity contribution in [3.63, 3.8) is 0 Å². The highest BCUT2D eigenvalue weighted by molar-refractivity contribution is 9.10. The number of nitrogens with one attached hydrogen (secondary N) is 2. The zero-order chi connectivity index (χ0) is 14.7. The Morgan fingerprint density at radius 3 is 2.65 bits per heavy atom. The van der Waals surface area contributed by atoms with Gasteiger partial charge in [0.25, 0.3) is 0 Å². The summed E-state index contributed by atoms with van der Waals surface area (Å²) in [5, 5.41) is 7.78. The molecule has 1 atom stereocenters. The van der Waals surface area contributed by atoms with Crippen LogP contribution < -0.4 is 10.6 Å². The van der Waals surface area contributed by atoms with Gasteiger partial charge in [-0.3, -0.25) is 10.1 Å². The van der Waals surface area contributed by atoms with Gasteiger partial charge in [0.1, 0.15) is 5.82 Å². The van der Waals surface area contributed by atoms with Gasteiger partial charge in [-0.05, 0) is 35.8 Å². The van der Waals surface area contributed by atoms with Gasteiger partial charge in [0, 0.05) is 21.7 Å². The van der Waals surface area contributed by atoms with Crippen molar-refractivity contribution >= 4 is 45.1 Å². The lowest BCUT2D eigenvalue weighted by Crippen LogP contribution is -2.14. The molecule has 0 saturated heterocycles. The van der Waals surface area contributed by atoms with E-state index in [-0.39, 0.29) is 17.9 Å². The summed E-state index contributed by atoms with van der Waals surface area (Å²) < 4.78 is 1.05. The minimum absolute atomic E-state index is 0.0679. The number of thiophene rings is 1. The van der Waals surface area contributed by atoms with Crippen LogP contribution in [-0.4, -0.2) is 20.9 Å². The van der Waals surface area contributed by atoms with Crippen LogP contribution in [0.25, 0.3) is 0 Å². The van der Waals surface area contributed by atoms with Crippen LogP contribution in [0.5, 0.6) is 0 Å². The molecule has 1 amide bonds. The van der Waals surface area contributed by atoms with Gasteiger partial charge in [-0.1, -0.05) is 0 Å². The van der Waals surface area contributed by atoms with Crippen molar-refractivity contribution in [2.75, 3.05) is 10.6 Å². The maximum absolute atomic E-state index is 11.0. The average molecular weight is 356 g/mol. The molecule has 0 aliphatic carbocycles. The number of carbonyl (C=O) groups is 1. The Morgan fingerprint density at radius 2 is 2.05 bits per heavy atom. The first-order chi connectivity index (χ1) is 9.44. The molecule has 0 aliphatic heterocycles. The molecule has 2 heterocycles. The Hall–Kier alpha value is -1.54. The van der Waals surface area contributed by atoms with Gasteiger partial charge in [0.2, 0.25) is 17.8 Å². The van der Waals surface area contributed by atoms with E-state index in [2.05, 4.69) is 41.5 Å². The number of hydrogen-bond donors (Lipinski definition) is 2. The number of aromatic nitrogens is 3. The highest BCUT2D eigenvalue weighted by Gasteiger charge is 2.11. The lowest BCUT2D eigenvalue weighted by atomic mass is 10.3. The van der Waals surface area contributed by atoms with Crippen molar-refractivity contribution in [1.29, 1.82) is 0 Å². The summed E-state index contributed by atoms with van der Waals surface area (Å²) in [6, 6.07) is 2.11. The minimum atomic E-state index is -0.211. The standard InChI is InChI=1S/C12H14BrN5OS/c1-6(10-4-9(13)5-20-10)14-11-15-7(2)16-12(18-11)17-8(3)19/h4-6H,1-3H3,(H2,14,15,16,17,18,19). The molecule has 2 rings (SSSR count). The molecule has 8 heteroatoms. The van der Waals surface area contributed by atoms with Crippen LogP contribution in [0.2, 0.25) is 0 Å². The van der Waals surface area contributed by atoms with Gasteiger partial charge in [-0.2, -0.15) is 15.0 Å². The van der Waals surface area contributed by atoms with E-state index in [0.29, 0.717) is 11.8 Å². The van der Waals surface area contributed by atoms with Crippen LogP contribution in [0.3, 0.4) is 0 Å². The summed E-state index contributed by atoms with van der Waals surface area (Å²) in [6.07, 6.45) is 0. The van der Waals surface area contributed by atoms with Gasteiger partial charge >= 0.3 is 0 Å². The first-order valence-corrected chi connectivity index (χ1v) is 7.62. The normalized spacial score (nSPS) is 12.0. The molecule has 20 heavy (non-hydrogen) atoms. The quantitative estimate of drug-likeness (QED) is 0.880. The summed E-state index contributed by atoms with van der Waals surface area (Å²) in [7, 11) is 0. The van der Waals surface area contributed by atoms with E-state index in [1.807, 2.05) is 18.4 Å². The summed E-state index contributed by atoms with van der Waals surface area (Å²) >= 11 is 5.08. The smallest absolute Gasteiger partial charge is 0.234 e. The first kappa shape index (κ1) is 14.9. The fourth-order valence-corrected chi connectivity index (χ4v) is 3.03. The summed E-state index contributed by atoms with van der Waals surface area (Å²) in [5.41, 5.74) is 0. The first-order valence-electron chi connectivity index (χ1n) is 5.95. The van der Waals surface area contributed by atoms with Gasteiger partial charge in [0.15, 0.2) is 0 Å². The highest BCUT2D eigenvalue weighted by atomic mass is 79.9. The summed E-state index contributed by atoms with van der Waals surface area (Å²) in [5.74, 6) is 1.04. The van der Waals surface area contributed by atoms with Crippen molar-refractivity contribution in [1.82, 2.24) is 15.0 Å². The Labute approximate surface area is 129 Å². The molecule has 106 valence electrons. The fourth-order valence-electron chi connectivity index (χ4n) is 1.58. The Kier molecular flexibility index (Phi) is 4.66. The number of halogens is 1. The number of anilines is 2. The second-order valence-electron chi connectivity index (χ2n) is 4.24. The molecule has 0 spiro atoms. The van der Waals surface area contributed by atoms with Crippen molar-refractivity contribution in [2.24, 2.45) is 0 Å². The zero-order valence-corrected chi connectivity index (χ0v) is 13.7. The van der Waals surface area contributed by atoms with Crippen molar-refractivity contribution in [3.05, 3.63) is 26.6 Å². The molecule has 0 radical (unpaired) electrons. The molecule has 1 unspecified atom stereocenters. The lowest BCUT2D eigenvalue weighted by molar-refractivity contribution is -0.114. The van der Waals surface area contributed by atoms with Crippen LogP contribution in [0.4, 0.5) is 11.9 Å². The maximum Gasteiger partial charge on any atom is 0.234 e. The third kappa shape index (κ3) is 3.97. The van der Waals surface area contributed by atoms with Gasteiger partial charge in [-0.25, -0.2) is 0 Å². The van der Waals surface area contributed by atoms with E-state index in [1.54, 1.807) is 18.3 Å². The fraction of sp³-hybridized carbons (Fsp3) is 0.333. The molecular formula is C12H14BrN5OS. The largest absolute Gasteiger partial charge is 0.347 e. The molecule has 0 aliphatic rings. The molecule has 0 aromatic carbocycles. The monoisotopic (exact) mass is 355 g/mol. The van der Waals surface area contributed by atoms with Crippen molar-refractivity contribution < 1.29 is 4.79 Å². The molecule has 0 saturated carbocycles. The highest BCUT2D eigenvalue weighted by Crippen LogP contribution is 2.27. The molecule has 0 bridgehead atoms. The van der Waals surface area contributed by atoms with E-state index >= 15 is 0 Å². The molecule has 2 aromatic rings.